The molecule has 5 rings (SSSR count). The van der Waals surface area contributed by atoms with Crippen molar-refractivity contribution in [2.24, 2.45) is 5.92 Å². The molecule has 3 heterocycles. The number of rotatable bonds is 6. The maximum absolute atomic E-state index is 13.5. The number of aromatic amines is 1. The summed E-state index contributed by atoms with van der Waals surface area (Å²) in [6.45, 7) is 5.10. The van der Waals surface area contributed by atoms with Crippen LogP contribution in [0.1, 0.15) is 27.2 Å². The van der Waals surface area contributed by atoms with E-state index in [0.29, 0.717) is 38.4 Å². The van der Waals surface area contributed by atoms with Gasteiger partial charge in [0.1, 0.15) is 0 Å². The molecule has 0 aliphatic carbocycles. The predicted molar refractivity (Wildman–Crippen MR) is 133 cm³/mol. The van der Waals surface area contributed by atoms with Gasteiger partial charge in [-0.1, -0.05) is 24.3 Å². The molecule has 0 bridgehead atoms. The molecule has 1 atom stereocenters. The molecule has 7 heteroatoms. The Morgan fingerprint density at radius 3 is 3.03 bits per heavy atom. The maximum Gasteiger partial charge on any atom is 0.254 e. The molecule has 1 saturated heterocycles. The van der Waals surface area contributed by atoms with Crippen molar-refractivity contribution >= 4 is 22.5 Å². The summed E-state index contributed by atoms with van der Waals surface area (Å²) in [5, 5.41) is 11.8. The van der Waals surface area contributed by atoms with Crippen molar-refractivity contribution in [1.82, 2.24) is 20.1 Å². The fourth-order valence-electron chi connectivity index (χ4n) is 4.52. The van der Waals surface area contributed by atoms with Crippen molar-refractivity contribution in [2.75, 3.05) is 31.6 Å². The van der Waals surface area contributed by atoms with Gasteiger partial charge in [0.05, 0.1) is 37.2 Å². The highest BCUT2D eigenvalue weighted by molar-refractivity contribution is 5.95. The molecule has 0 unspecified atom stereocenters. The monoisotopic (exact) mass is 455 g/mol. The largest absolute Gasteiger partial charge is 0.379 e. The average Bonchev–Trinajstić information content (AvgIpc) is 3.24. The van der Waals surface area contributed by atoms with Gasteiger partial charge in [-0.25, -0.2) is 0 Å². The van der Waals surface area contributed by atoms with Gasteiger partial charge in [-0.15, -0.1) is 0 Å². The van der Waals surface area contributed by atoms with Gasteiger partial charge in [0.15, 0.2) is 0 Å². The Hall–Kier alpha value is -3.71. The number of aromatic nitrogens is 3. The zero-order chi connectivity index (χ0) is 23.3. The Labute approximate surface area is 199 Å². The van der Waals surface area contributed by atoms with E-state index in [-0.39, 0.29) is 11.8 Å². The number of benzene rings is 2. The number of fused-ring (bicyclic) bond motifs is 1. The molecule has 2 aromatic heterocycles. The molecular formula is C27H29N5O2. The molecule has 2 N–H and O–H groups in total. The number of aryl methyl sites for hydroxylation is 1. The number of H-pyrrole nitrogens is 1. The highest BCUT2D eigenvalue weighted by Gasteiger charge is 2.24. The number of carbonyl (C=O) groups is 1. The molecule has 1 aliphatic rings. The number of pyridine rings is 1. The lowest BCUT2D eigenvalue weighted by atomic mass is 9.97. The zero-order valence-corrected chi connectivity index (χ0v) is 19.3. The summed E-state index contributed by atoms with van der Waals surface area (Å²) in [4.78, 5) is 19.8. The highest BCUT2D eigenvalue weighted by atomic mass is 16.5. The molecule has 1 aliphatic heterocycles. The van der Waals surface area contributed by atoms with Crippen molar-refractivity contribution in [3.63, 3.8) is 0 Å². The van der Waals surface area contributed by atoms with E-state index in [1.54, 1.807) is 6.20 Å². The lowest BCUT2D eigenvalue weighted by molar-refractivity contribution is 0.0737. The number of nitrogens with one attached hydrogen (secondary N) is 2. The van der Waals surface area contributed by atoms with Gasteiger partial charge in [-0.3, -0.25) is 14.9 Å². The van der Waals surface area contributed by atoms with Gasteiger partial charge in [-0.05, 0) is 54.8 Å². The van der Waals surface area contributed by atoms with E-state index in [9.17, 15) is 4.79 Å². The fraction of sp³-hybridized carbons (Fsp3) is 0.296. The van der Waals surface area contributed by atoms with E-state index in [0.717, 1.165) is 34.3 Å². The van der Waals surface area contributed by atoms with Crippen LogP contribution in [0, 0.1) is 12.8 Å². The number of nitrogens with zero attached hydrogens (tertiary/aromatic N) is 3. The quantitative estimate of drug-likeness (QED) is 0.455. The first-order valence-electron chi connectivity index (χ1n) is 11.7. The van der Waals surface area contributed by atoms with Gasteiger partial charge in [-0.2, -0.15) is 5.10 Å². The third kappa shape index (κ3) is 4.94. The smallest absolute Gasteiger partial charge is 0.254 e. The molecule has 4 aromatic rings. The van der Waals surface area contributed by atoms with E-state index >= 15 is 0 Å². The normalized spacial score (nSPS) is 16.4. The van der Waals surface area contributed by atoms with Gasteiger partial charge >= 0.3 is 0 Å². The summed E-state index contributed by atoms with van der Waals surface area (Å²) < 4.78 is 5.88. The topological polar surface area (TPSA) is 83.1 Å². The molecule has 0 spiro atoms. The fourth-order valence-corrected chi connectivity index (χ4v) is 4.52. The molecule has 0 saturated carbocycles. The van der Waals surface area contributed by atoms with Gasteiger partial charge in [0.2, 0.25) is 0 Å². The van der Waals surface area contributed by atoms with Gasteiger partial charge < -0.3 is 15.0 Å². The van der Waals surface area contributed by atoms with Crippen LogP contribution in [0.25, 0.3) is 10.9 Å². The Morgan fingerprint density at radius 2 is 2.15 bits per heavy atom. The summed E-state index contributed by atoms with van der Waals surface area (Å²) in [6, 6.07) is 17.9. The van der Waals surface area contributed by atoms with E-state index < -0.39 is 0 Å². The van der Waals surface area contributed by atoms with E-state index in [2.05, 4.69) is 26.6 Å². The van der Waals surface area contributed by atoms with Crippen LogP contribution in [0.3, 0.4) is 0 Å². The van der Waals surface area contributed by atoms with Crippen molar-refractivity contribution in [1.29, 1.82) is 0 Å². The van der Waals surface area contributed by atoms with Crippen LogP contribution >= 0.6 is 0 Å². The van der Waals surface area contributed by atoms with E-state index in [1.165, 1.54) is 5.56 Å². The molecule has 174 valence electrons. The molecule has 34 heavy (non-hydrogen) atoms. The maximum atomic E-state index is 13.5. The number of amides is 1. The zero-order valence-electron chi connectivity index (χ0n) is 19.3. The third-order valence-electron chi connectivity index (χ3n) is 6.38. The van der Waals surface area contributed by atoms with Crippen LogP contribution in [-0.4, -0.2) is 52.3 Å². The first kappa shape index (κ1) is 22.1. The predicted octanol–water partition coefficient (Wildman–Crippen LogP) is 4.21. The Kier molecular flexibility index (Phi) is 6.53. The number of anilines is 1. The summed E-state index contributed by atoms with van der Waals surface area (Å²) in [6.07, 6.45) is 4.50. The lowest BCUT2D eigenvalue weighted by Crippen LogP contribution is -2.36. The minimum absolute atomic E-state index is 0.0397. The van der Waals surface area contributed by atoms with Crippen LogP contribution < -0.4 is 5.32 Å². The van der Waals surface area contributed by atoms with Gasteiger partial charge in [0.25, 0.3) is 5.91 Å². The van der Waals surface area contributed by atoms with Crippen molar-refractivity contribution in [3.8, 4) is 0 Å². The number of hydrogen-bond acceptors (Lipinski definition) is 5. The third-order valence-corrected chi connectivity index (χ3v) is 6.38. The Morgan fingerprint density at radius 1 is 1.21 bits per heavy atom. The Bertz CT molecular complexity index is 1270. The average molecular weight is 456 g/mol. The van der Waals surface area contributed by atoms with Crippen LogP contribution in [0.5, 0.6) is 0 Å². The standard InChI is InChI=1S/C27H29N5O2/c1-19-8-9-22(14-26(19)29-15-23-6-2-3-10-28-23)27(33)32-11-12-34-18-20(17-32)13-21-5-4-7-25-24(21)16-30-31-25/h2-10,14,16,20,29H,11-13,15,17-18H2,1H3,(H,30,31)/t20-/m0/s1. The summed E-state index contributed by atoms with van der Waals surface area (Å²) in [7, 11) is 0. The van der Waals surface area contributed by atoms with Crippen molar-refractivity contribution in [3.05, 3.63) is 89.4 Å². The second-order valence-electron chi connectivity index (χ2n) is 8.85. The molecular weight excluding hydrogens is 426 g/mol. The number of hydrogen-bond donors (Lipinski definition) is 2. The molecule has 0 radical (unpaired) electrons. The molecule has 2 aromatic carbocycles. The molecule has 1 fully saturated rings. The Balaban J connectivity index is 1.29. The molecule has 1 amide bonds. The minimum Gasteiger partial charge on any atom is -0.379 e. The number of ether oxygens (including phenoxy) is 1. The van der Waals surface area contributed by atoms with E-state index in [4.69, 9.17) is 4.74 Å². The van der Waals surface area contributed by atoms with Gasteiger partial charge in [0, 0.05) is 41.8 Å². The van der Waals surface area contributed by atoms with Crippen LogP contribution in [0.2, 0.25) is 0 Å². The van der Waals surface area contributed by atoms with Crippen LogP contribution in [-0.2, 0) is 17.7 Å². The van der Waals surface area contributed by atoms with Crippen molar-refractivity contribution < 1.29 is 9.53 Å². The van der Waals surface area contributed by atoms with E-state index in [1.807, 2.05) is 66.6 Å². The highest BCUT2D eigenvalue weighted by Crippen LogP contribution is 2.23. The van der Waals surface area contributed by atoms with Crippen molar-refractivity contribution in [2.45, 2.75) is 19.9 Å². The first-order valence-corrected chi connectivity index (χ1v) is 11.7. The summed E-state index contributed by atoms with van der Waals surface area (Å²) >= 11 is 0. The first-order chi connectivity index (χ1) is 16.7. The SMILES string of the molecule is Cc1ccc(C(=O)N2CCOC[C@@H](Cc3cccc4[nH]ncc34)C2)cc1NCc1ccccn1. The molecule has 7 nitrogen and oxygen atoms in total. The number of carbonyl (C=O) groups excluding carboxylic acids is 1. The minimum atomic E-state index is 0.0397. The second-order valence-corrected chi connectivity index (χ2v) is 8.85. The summed E-state index contributed by atoms with van der Waals surface area (Å²) in [5.41, 5.74) is 5.95. The van der Waals surface area contributed by atoms with Crippen LogP contribution in [0.15, 0.2) is 67.0 Å². The van der Waals surface area contributed by atoms with Crippen LogP contribution in [0.4, 0.5) is 5.69 Å². The summed E-state index contributed by atoms with van der Waals surface area (Å²) in [5.74, 6) is 0.261. The second kappa shape index (κ2) is 10.1. The lowest BCUT2D eigenvalue weighted by Gasteiger charge is -2.24.